The molecular formula is C8H9N5S2. The van der Waals surface area contributed by atoms with E-state index in [1.165, 1.54) is 22.0 Å². The Morgan fingerprint density at radius 1 is 1.47 bits per heavy atom. The van der Waals surface area contributed by atoms with Crippen LogP contribution >= 0.6 is 24.0 Å². The first-order valence-electron chi connectivity index (χ1n) is 4.21. The molecular weight excluding hydrogens is 230 g/mol. The fraction of sp³-hybridized carbons (Fsp3) is 0.125. The van der Waals surface area contributed by atoms with Crippen molar-refractivity contribution in [3.8, 4) is 0 Å². The van der Waals surface area contributed by atoms with Crippen LogP contribution in [-0.2, 0) is 5.75 Å². The molecule has 3 N–H and O–H groups in total. The Hall–Kier alpha value is -1.34. The van der Waals surface area contributed by atoms with E-state index in [9.17, 15) is 0 Å². The molecule has 2 aromatic rings. The second-order valence-electron chi connectivity index (χ2n) is 2.83. The molecule has 2 aromatic heterocycles. The van der Waals surface area contributed by atoms with E-state index in [2.05, 4.69) is 15.2 Å². The van der Waals surface area contributed by atoms with Gasteiger partial charge in [0.15, 0.2) is 0 Å². The van der Waals surface area contributed by atoms with E-state index in [0.29, 0.717) is 9.93 Å². The van der Waals surface area contributed by atoms with Gasteiger partial charge in [-0.05, 0) is 29.9 Å². The molecule has 0 amide bonds. The number of nitrogens with two attached hydrogens (primary N) is 1. The average Bonchev–Trinajstić information content (AvgIpc) is 2.59. The monoisotopic (exact) mass is 239 g/mol. The van der Waals surface area contributed by atoms with Crippen molar-refractivity contribution in [1.29, 1.82) is 0 Å². The number of H-pyrrole nitrogens is 1. The van der Waals surface area contributed by atoms with Crippen LogP contribution in [0, 0.1) is 4.77 Å². The lowest BCUT2D eigenvalue weighted by Crippen LogP contribution is -2.09. The van der Waals surface area contributed by atoms with E-state index in [0.717, 1.165) is 5.75 Å². The zero-order valence-corrected chi connectivity index (χ0v) is 9.38. The predicted molar refractivity (Wildman–Crippen MR) is 61.4 cm³/mol. The van der Waals surface area contributed by atoms with Gasteiger partial charge in [-0.3, -0.25) is 4.98 Å². The average molecular weight is 239 g/mol. The molecule has 0 aromatic carbocycles. The lowest BCUT2D eigenvalue weighted by molar-refractivity contribution is 0.839. The molecule has 7 heteroatoms. The fourth-order valence-corrected chi connectivity index (χ4v) is 2.04. The summed E-state index contributed by atoms with van der Waals surface area (Å²) in [6, 6.07) is 3.91. The van der Waals surface area contributed by atoms with E-state index in [1.54, 1.807) is 12.4 Å². The normalized spacial score (nSPS) is 10.4. The van der Waals surface area contributed by atoms with Crippen LogP contribution < -0.4 is 5.84 Å². The number of nitrogens with one attached hydrogen (secondary N) is 1. The topological polar surface area (TPSA) is 72.5 Å². The molecule has 0 radical (unpaired) electrons. The summed E-state index contributed by atoms with van der Waals surface area (Å²) in [6.07, 6.45) is 3.52. The molecule has 78 valence electrons. The maximum atomic E-state index is 5.65. The van der Waals surface area contributed by atoms with Crippen molar-refractivity contribution >= 4 is 24.0 Å². The first-order valence-corrected chi connectivity index (χ1v) is 5.61. The highest BCUT2D eigenvalue weighted by Gasteiger charge is 2.03. The van der Waals surface area contributed by atoms with Gasteiger partial charge in [-0.1, -0.05) is 11.8 Å². The van der Waals surface area contributed by atoms with Gasteiger partial charge in [0.25, 0.3) is 0 Å². The zero-order chi connectivity index (χ0) is 10.7. The smallest absolute Gasteiger partial charge is 0.214 e. The summed E-state index contributed by atoms with van der Waals surface area (Å²) in [4.78, 5) is 3.94. The minimum atomic E-state index is 0.423. The summed E-state index contributed by atoms with van der Waals surface area (Å²) in [5, 5.41) is 7.31. The number of aromatic amines is 1. The van der Waals surface area contributed by atoms with Gasteiger partial charge in [-0.15, -0.1) is 5.10 Å². The lowest BCUT2D eigenvalue weighted by Gasteiger charge is -1.99. The Labute approximate surface area is 95.7 Å². The highest BCUT2D eigenvalue weighted by atomic mass is 32.2. The molecule has 0 saturated heterocycles. The van der Waals surface area contributed by atoms with Crippen LogP contribution in [0.25, 0.3) is 0 Å². The van der Waals surface area contributed by atoms with E-state index in [4.69, 9.17) is 18.1 Å². The second kappa shape index (κ2) is 4.45. The third-order valence-electron chi connectivity index (χ3n) is 1.79. The number of nitrogen functional groups attached to an aromatic ring is 1. The van der Waals surface area contributed by atoms with Gasteiger partial charge in [0, 0.05) is 18.1 Å². The van der Waals surface area contributed by atoms with E-state index >= 15 is 0 Å². The lowest BCUT2D eigenvalue weighted by atomic mass is 10.3. The molecule has 2 rings (SSSR count). The van der Waals surface area contributed by atoms with Crippen molar-refractivity contribution in [3.63, 3.8) is 0 Å². The van der Waals surface area contributed by atoms with Crippen LogP contribution in [0.2, 0.25) is 0 Å². The van der Waals surface area contributed by atoms with Crippen LogP contribution in [0.5, 0.6) is 0 Å². The summed E-state index contributed by atoms with van der Waals surface area (Å²) in [5.41, 5.74) is 1.17. The summed E-state index contributed by atoms with van der Waals surface area (Å²) >= 11 is 6.42. The van der Waals surface area contributed by atoms with Crippen molar-refractivity contribution in [2.75, 3.05) is 5.84 Å². The number of aromatic nitrogens is 4. The molecule has 2 heterocycles. The Balaban J connectivity index is 2.06. The molecule has 0 atom stereocenters. The molecule has 0 aliphatic carbocycles. The number of thioether (sulfide) groups is 1. The third-order valence-corrected chi connectivity index (χ3v) is 3.10. The first-order chi connectivity index (χ1) is 7.27. The molecule has 5 nitrogen and oxygen atoms in total. The summed E-state index contributed by atoms with van der Waals surface area (Å²) in [5.74, 6) is 6.44. The molecule has 0 unspecified atom stereocenters. The Morgan fingerprint density at radius 2 is 2.20 bits per heavy atom. The van der Waals surface area contributed by atoms with Gasteiger partial charge in [-0.25, -0.2) is 9.77 Å². The van der Waals surface area contributed by atoms with E-state index < -0.39 is 0 Å². The quantitative estimate of drug-likeness (QED) is 0.480. The van der Waals surface area contributed by atoms with Gasteiger partial charge in [0.1, 0.15) is 0 Å². The summed E-state index contributed by atoms with van der Waals surface area (Å²) in [6.45, 7) is 0. The molecule has 0 spiro atoms. The molecule has 0 saturated carbocycles. The van der Waals surface area contributed by atoms with Crippen LogP contribution in [-0.4, -0.2) is 19.9 Å². The van der Waals surface area contributed by atoms with Gasteiger partial charge in [0.05, 0.1) is 0 Å². The Bertz CT molecular complexity index is 489. The fourth-order valence-electron chi connectivity index (χ4n) is 1.02. The van der Waals surface area contributed by atoms with Crippen molar-refractivity contribution < 1.29 is 0 Å². The van der Waals surface area contributed by atoms with Gasteiger partial charge >= 0.3 is 0 Å². The Morgan fingerprint density at radius 3 is 2.80 bits per heavy atom. The summed E-state index contributed by atoms with van der Waals surface area (Å²) in [7, 11) is 0. The van der Waals surface area contributed by atoms with Gasteiger partial charge < -0.3 is 5.84 Å². The summed E-state index contributed by atoms with van der Waals surface area (Å²) < 4.78 is 1.79. The highest BCUT2D eigenvalue weighted by molar-refractivity contribution is 7.98. The second-order valence-corrected chi connectivity index (χ2v) is 4.15. The number of rotatable bonds is 3. The molecule has 0 aliphatic heterocycles. The first kappa shape index (κ1) is 10.2. The maximum absolute atomic E-state index is 5.65. The van der Waals surface area contributed by atoms with Crippen molar-refractivity contribution in [1.82, 2.24) is 19.9 Å². The van der Waals surface area contributed by atoms with Crippen molar-refractivity contribution in [2.45, 2.75) is 10.9 Å². The van der Waals surface area contributed by atoms with E-state index in [-0.39, 0.29) is 0 Å². The number of nitrogens with zero attached hydrogens (tertiary/aromatic N) is 3. The van der Waals surface area contributed by atoms with Crippen molar-refractivity contribution in [3.05, 3.63) is 34.9 Å². The van der Waals surface area contributed by atoms with Crippen molar-refractivity contribution in [2.24, 2.45) is 0 Å². The molecule has 0 fully saturated rings. The minimum Gasteiger partial charge on any atom is -0.335 e. The van der Waals surface area contributed by atoms with Crippen LogP contribution in [0.4, 0.5) is 0 Å². The minimum absolute atomic E-state index is 0.423. The van der Waals surface area contributed by atoms with Gasteiger partial charge in [0.2, 0.25) is 9.93 Å². The van der Waals surface area contributed by atoms with Crippen LogP contribution in [0.15, 0.2) is 29.7 Å². The van der Waals surface area contributed by atoms with Crippen LogP contribution in [0.1, 0.15) is 5.56 Å². The highest BCUT2D eigenvalue weighted by Crippen LogP contribution is 2.18. The molecule has 0 aliphatic rings. The predicted octanol–water partition coefficient (Wildman–Crippen LogP) is 1.34. The van der Waals surface area contributed by atoms with E-state index in [1.807, 2.05) is 12.1 Å². The number of hydrogen-bond acceptors (Lipinski definition) is 5. The SMILES string of the molecule is Nn1c(SCc2ccncc2)n[nH]c1=S. The standard InChI is InChI=1S/C8H9N5S2/c9-13-7(14)11-12-8(13)15-5-6-1-3-10-4-2-6/h1-4H,5,9H2,(H,11,14). The molecule has 15 heavy (non-hydrogen) atoms. The van der Waals surface area contributed by atoms with Crippen LogP contribution in [0.3, 0.4) is 0 Å². The number of hydrogen-bond donors (Lipinski definition) is 2. The maximum Gasteiger partial charge on any atom is 0.214 e. The third kappa shape index (κ3) is 2.37. The number of pyridine rings is 1. The largest absolute Gasteiger partial charge is 0.335 e. The Kier molecular flexibility index (Phi) is 3.02. The van der Waals surface area contributed by atoms with Gasteiger partial charge in [-0.2, -0.15) is 0 Å². The zero-order valence-electron chi connectivity index (χ0n) is 7.75. The molecule has 0 bridgehead atoms.